The molecule has 0 aromatic heterocycles. The van der Waals surface area contributed by atoms with Crippen molar-refractivity contribution in [2.45, 2.75) is 51.9 Å². The van der Waals surface area contributed by atoms with Crippen molar-refractivity contribution in [2.75, 3.05) is 26.2 Å². The first-order chi connectivity index (χ1) is 7.36. The number of rotatable bonds is 8. The summed E-state index contributed by atoms with van der Waals surface area (Å²) in [5, 5.41) is 8.87. The molecule has 0 radical (unpaired) electrons. The van der Waals surface area contributed by atoms with Crippen LogP contribution in [0.2, 0.25) is 0 Å². The van der Waals surface area contributed by atoms with Crippen molar-refractivity contribution in [3.63, 3.8) is 0 Å². The van der Waals surface area contributed by atoms with Gasteiger partial charge >= 0.3 is 0 Å². The Kier molecular flexibility index (Phi) is 7.03. The maximum absolute atomic E-state index is 8.87. The Labute approximate surface area is 94.7 Å². The lowest BCUT2D eigenvalue weighted by atomic mass is 10.1. The summed E-state index contributed by atoms with van der Waals surface area (Å²) in [5.74, 6) is 0.769. The van der Waals surface area contributed by atoms with E-state index in [1.165, 1.54) is 58.2 Å². The molecule has 0 amide bonds. The fourth-order valence-corrected chi connectivity index (χ4v) is 2.47. The standard InChI is InChI=1S/C13H27NO/c1-2-3-4-5-6-9-14-10-7-13(12-14)8-11-15/h13,15H,2-12H2,1H3. The Balaban J connectivity index is 1.94. The van der Waals surface area contributed by atoms with Gasteiger partial charge in [-0.3, -0.25) is 0 Å². The molecule has 1 saturated heterocycles. The second-order valence-electron chi connectivity index (χ2n) is 4.88. The minimum absolute atomic E-state index is 0.370. The van der Waals surface area contributed by atoms with Crippen LogP contribution in [0.3, 0.4) is 0 Å². The molecular formula is C13H27NO. The van der Waals surface area contributed by atoms with Crippen LogP contribution in [-0.4, -0.2) is 36.2 Å². The van der Waals surface area contributed by atoms with Gasteiger partial charge in [0, 0.05) is 13.2 Å². The maximum Gasteiger partial charge on any atom is 0.0434 e. The summed E-state index contributed by atoms with van der Waals surface area (Å²) >= 11 is 0. The molecule has 0 bridgehead atoms. The van der Waals surface area contributed by atoms with Crippen molar-refractivity contribution >= 4 is 0 Å². The number of aliphatic hydroxyl groups excluding tert-OH is 1. The molecule has 0 saturated carbocycles. The van der Waals surface area contributed by atoms with E-state index in [0.29, 0.717) is 6.61 Å². The van der Waals surface area contributed by atoms with Crippen LogP contribution in [0.4, 0.5) is 0 Å². The van der Waals surface area contributed by atoms with Crippen molar-refractivity contribution in [1.29, 1.82) is 0 Å². The van der Waals surface area contributed by atoms with Crippen LogP contribution in [0.15, 0.2) is 0 Å². The molecule has 1 fully saturated rings. The zero-order valence-corrected chi connectivity index (χ0v) is 10.2. The first kappa shape index (κ1) is 13.0. The van der Waals surface area contributed by atoms with Crippen LogP contribution in [-0.2, 0) is 0 Å². The van der Waals surface area contributed by atoms with Gasteiger partial charge in [0.25, 0.3) is 0 Å². The highest BCUT2D eigenvalue weighted by molar-refractivity contribution is 4.75. The molecule has 15 heavy (non-hydrogen) atoms. The SMILES string of the molecule is CCCCCCCN1CCC(CCO)C1. The largest absolute Gasteiger partial charge is 0.396 e. The number of unbranched alkanes of at least 4 members (excludes halogenated alkanes) is 4. The van der Waals surface area contributed by atoms with Crippen LogP contribution >= 0.6 is 0 Å². The zero-order valence-electron chi connectivity index (χ0n) is 10.2. The Bertz CT molecular complexity index is 149. The highest BCUT2D eigenvalue weighted by Gasteiger charge is 2.20. The van der Waals surface area contributed by atoms with E-state index in [4.69, 9.17) is 5.11 Å². The summed E-state index contributed by atoms with van der Waals surface area (Å²) in [6.07, 6.45) is 9.21. The molecule has 2 nitrogen and oxygen atoms in total. The van der Waals surface area contributed by atoms with Crippen molar-refractivity contribution in [2.24, 2.45) is 5.92 Å². The number of likely N-dealkylation sites (tertiary alicyclic amines) is 1. The summed E-state index contributed by atoms with van der Waals surface area (Å²) in [5.41, 5.74) is 0. The molecule has 2 heteroatoms. The van der Waals surface area contributed by atoms with E-state index in [9.17, 15) is 0 Å². The summed E-state index contributed by atoms with van der Waals surface area (Å²) in [4.78, 5) is 2.58. The van der Waals surface area contributed by atoms with Gasteiger partial charge in [-0.25, -0.2) is 0 Å². The topological polar surface area (TPSA) is 23.5 Å². The molecule has 90 valence electrons. The molecule has 0 aromatic rings. The summed E-state index contributed by atoms with van der Waals surface area (Å²) in [6.45, 7) is 6.41. The van der Waals surface area contributed by atoms with Crippen LogP contribution < -0.4 is 0 Å². The van der Waals surface area contributed by atoms with Crippen molar-refractivity contribution in [3.05, 3.63) is 0 Å². The lowest BCUT2D eigenvalue weighted by Crippen LogP contribution is -2.22. The fraction of sp³-hybridized carbons (Fsp3) is 1.00. The number of hydrogen-bond acceptors (Lipinski definition) is 2. The minimum atomic E-state index is 0.370. The van der Waals surface area contributed by atoms with E-state index >= 15 is 0 Å². The van der Waals surface area contributed by atoms with E-state index < -0.39 is 0 Å². The van der Waals surface area contributed by atoms with Gasteiger partial charge < -0.3 is 10.0 Å². The fourth-order valence-electron chi connectivity index (χ4n) is 2.47. The summed E-state index contributed by atoms with van der Waals surface area (Å²) in [7, 11) is 0. The molecule has 1 aliphatic rings. The van der Waals surface area contributed by atoms with Gasteiger partial charge in [0.1, 0.15) is 0 Å². The van der Waals surface area contributed by atoms with Crippen LogP contribution in [0.5, 0.6) is 0 Å². The molecule has 1 heterocycles. The van der Waals surface area contributed by atoms with Crippen LogP contribution in [0, 0.1) is 5.92 Å². The van der Waals surface area contributed by atoms with Crippen molar-refractivity contribution < 1.29 is 5.11 Å². The highest BCUT2D eigenvalue weighted by atomic mass is 16.3. The molecule has 1 unspecified atom stereocenters. The summed E-state index contributed by atoms with van der Waals surface area (Å²) in [6, 6.07) is 0. The first-order valence-corrected chi connectivity index (χ1v) is 6.70. The second kappa shape index (κ2) is 8.12. The molecule has 0 spiro atoms. The third kappa shape index (κ3) is 5.53. The predicted molar refractivity (Wildman–Crippen MR) is 65.0 cm³/mol. The van der Waals surface area contributed by atoms with Crippen LogP contribution in [0.25, 0.3) is 0 Å². The average molecular weight is 213 g/mol. The third-order valence-corrected chi connectivity index (χ3v) is 3.49. The van der Waals surface area contributed by atoms with Gasteiger partial charge in [-0.2, -0.15) is 0 Å². The first-order valence-electron chi connectivity index (χ1n) is 6.70. The molecular weight excluding hydrogens is 186 g/mol. The summed E-state index contributed by atoms with van der Waals surface area (Å²) < 4.78 is 0. The molecule has 1 rings (SSSR count). The van der Waals surface area contributed by atoms with Gasteiger partial charge in [-0.1, -0.05) is 32.6 Å². The molecule has 1 atom stereocenters. The normalized spacial score (nSPS) is 22.4. The van der Waals surface area contributed by atoms with Gasteiger partial charge in [0.2, 0.25) is 0 Å². The van der Waals surface area contributed by atoms with E-state index in [2.05, 4.69) is 11.8 Å². The Morgan fingerprint density at radius 2 is 2.00 bits per heavy atom. The number of hydrogen-bond donors (Lipinski definition) is 1. The van der Waals surface area contributed by atoms with E-state index in [1.807, 2.05) is 0 Å². The monoisotopic (exact) mass is 213 g/mol. The third-order valence-electron chi connectivity index (χ3n) is 3.49. The van der Waals surface area contributed by atoms with E-state index in [1.54, 1.807) is 0 Å². The van der Waals surface area contributed by atoms with Gasteiger partial charge in [0.15, 0.2) is 0 Å². The predicted octanol–water partition coefficient (Wildman–Crippen LogP) is 2.66. The van der Waals surface area contributed by atoms with Crippen molar-refractivity contribution in [3.8, 4) is 0 Å². The molecule has 1 N–H and O–H groups in total. The van der Waals surface area contributed by atoms with Gasteiger partial charge in [-0.15, -0.1) is 0 Å². The van der Waals surface area contributed by atoms with E-state index in [-0.39, 0.29) is 0 Å². The lowest BCUT2D eigenvalue weighted by molar-refractivity contribution is 0.250. The zero-order chi connectivity index (χ0) is 10.9. The smallest absolute Gasteiger partial charge is 0.0434 e. The quantitative estimate of drug-likeness (QED) is 0.627. The van der Waals surface area contributed by atoms with Gasteiger partial charge in [0.05, 0.1) is 0 Å². The van der Waals surface area contributed by atoms with E-state index in [0.717, 1.165) is 12.3 Å². The highest BCUT2D eigenvalue weighted by Crippen LogP contribution is 2.19. The Morgan fingerprint density at radius 3 is 2.73 bits per heavy atom. The maximum atomic E-state index is 8.87. The second-order valence-corrected chi connectivity index (χ2v) is 4.88. The Hall–Kier alpha value is -0.0800. The number of aliphatic hydroxyl groups is 1. The molecule has 1 aliphatic heterocycles. The van der Waals surface area contributed by atoms with Gasteiger partial charge in [-0.05, 0) is 38.3 Å². The number of nitrogens with zero attached hydrogens (tertiary/aromatic N) is 1. The Morgan fingerprint density at radius 1 is 1.20 bits per heavy atom. The van der Waals surface area contributed by atoms with Crippen LogP contribution in [0.1, 0.15) is 51.9 Å². The minimum Gasteiger partial charge on any atom is -0.396 e. The molecule has 0 aliphatic carbocycles. The lowest BCUT2D eigenvalue weighted by Gasteiger charge is -2.15. The average Bonchev–Trinajstić information content (AvgIpc) is 2.66. The van der Waals surface area contributed by atoms with Crippen molar-refractivity contribution in [1.82, 2.24) is 4.90 Å². The molecule has 0 aromatic carbocycles.